The summed E-state index contributed by atoms with van der Waals surface area (Å²) in [6.45, 7) is 7.59. The van der Waals surface area contributed by atoms with E-state index < -0.39 is 0 Å². The van der Waals surface area contributed by atoms with Gasteiger partial charge in [-0.15, -0.1) is 0 Å². The Morgan fingerprint density at radius 3 is 2.50 bits per heavy atom. The number of hydrogen-bond acceptors (Lipinski definition) is 2. The first-order valence-electron chi connectivity index (χ1n) is 7.07. The smallest absolute Gasteiger partial charge is 0.171 e. The van der Waals surface area contributed by atoms with E-state index in [0.29, 0.717) is 12.0 Å². The SMILES string of the molecule is CCC1COC2(CCCC(CC)C2CC)O1. The Kier molecular flexibility index (Phi) is 3.91. The summed E-state index contributed by atoms with van der Waals surface area (Å²) in [5.74, 6) is 1.20. The highest BCUT2D eigenvalue weighted by Crippen LogP contribution is 2.47. The summed E-state index contributed by atoms with van der Waals surface area (Å²) >= 11 is 0. The molecule has 0 radical (unpaired) electrons. The molecule has 1 aliphatic carbocycles. The van der Waals surface area contributed by atoms with Gasteiger partial charge in [-0.1, -0.05) is 27.2 Å². The lowest BCUT2D eigenvalue weighted by Gasteiger charge is -2.44. The second kappa shape index (κ2) is 5.05. The molecule has 1 spiro atoms. The van der Waals surface area contributed by atoms with E-state index in [1.807, 2.05) is 0 Å². The van der Waals surface area contributed by atoms with E-state index in [1.165, 1.54) is 25.7 Å². The fourth-order valence-electron chi connectivity index (χ4n) is 3.60. The van der Waals surface area contributed by atoms with Crippen LogP contribution in [0.3, 0.4) is 0 Å². The molecule has 4 atom stereocenters. The van der Waals surface area contributed by atoms with Crippen LogP contribution in [0, 0.1) is 11.8 Å². The fraction of sp³-hybridized carbons (Fsp3) is 1.00. The highest BCUT2D eigenvalue weighted by atomic mass is 16.7. The van der Waals surface area contributed by atoms with E-state index in [9.17, 15) is 0 Å². The summed E-state index contributed by atoms with van der Waals surface area (Å²) in [5, 5.41) is 0. The number of rotatable bonds is 3. The molecule has 2 nitrogen and oxygen atoms in total. The Morgan fingerprint density at radius 1 is 1.12 bits per heavy atom. The van der Waals surface area contributed by atoms with E-state index in [-0.39, 0.29) is 5.79 Å². The largest absolute Gasteiger partial charge is 0.347 e. The molecular formula is C14H26O2. The summed E-state index contributed by atoms with van der Waals surface area (Å²) in [7, 11) is 0. The molecule has 2 fully saturated rings. The molecule has 0 bridgehead atoms. The zero-order chi connectivity index (χ0) is 11.6. The molecule has 16 heavy (non-hydrogen) atoms. The Labute approximate surface area is 99.7 Å². The average molecular weight is 226 g/mol. The predicted octanol–water partition coefficient (Wildman–Crippen LogP) is 3.74. The fourth-order valence-corrected chi connectivity index (χ4v) is 3.60. The van der Waals surface area contributed by atoms with Crippen molar-refractivity contribution in [2.45, 2.75) is 71.2 Å². The van der Waals surface area contributed by atoms with Crippen molar-refractivity contribution in [3.8, 4) is 0 Å². The molecule has 0 N–H and O–H groups in total. The summed E-state index contributed by atoms with van der Waals surface area (Å²) in [4.78, 5) is 0. The molecule has 2 heteroatoms. The van der Waals surface area contributed by atoms with E-state index in [4.69, 9.17) is 9.47 Å². The van der Waals surface area contributed by atoms with Gasteiger partial charge in [0.05, 0.1) is 12.7 Å². The highest BCUT2D eigenvalue weighted by Gasteiger charge is 2.50. The van der Waals surface area contributed by atoms with Crippen LogP contribution in [0.25, 0.3) is 0 Å². The topological polar surface area (TPSA) is 18.5 Å². The molecular weight excluding hydrogens is 200 g/mol. The van der Waals surface area contributed by atoms with E-state index in [2.05, 4.69) is 20.8 Å². The first-order chi connectivity index (χ1) is 7.75. The second-order valence-corrected chi connectivity index (χ2v) is 5.35. The van der Waals surface area contributed by atoms with E-state index >= 15 is 0 Å². The molecule has 1 aliphatic heterocycles. The van der Waals surface area contributed by atoms with Gasteiger partial charge in [0.2, 0.25) is 0 Å². The van der Waals surface area contributed by atoms with Crippen LogP contribution in [-0.4, -0.2) is 18.5 Å². The maximum absolute atomic E-state index is 6.25. The van der Waals surface area contributed by atoms with Crippen LogP contribution in [0.15, 0.2) is 0 Å². The van der Waals surface area contributed by atoms with Crippen LogP contribution in [-0.2, 0) is 9.47 Å². The third kappa shape index (κ3) is 2.02. The van der Waals surface area contributed by atoms with Crippen LogP contribution in [0.2, 0.25) is 0 Å². The van der Waals surface area contributed by atoms with E-state index in [0.717, 1.165) is 25.4 Å². The lowest BCUT2D eigenvalue weighted by atomic mass is 9.72. The standard InChI is InChI=1S/C14H26O2/c1-4-11-8-7-9-14(13(11)6-3)15-10-12(5-2)16-14/h11-13H,4-10H2,1-3H3. The summed E-state index contributed by atoms with van der Waals surface area (Å²) in [5.41, 5.74) is 0. The van der Waals surface area contributed by atoms with E-state index in [1.54, 1.807) is 0 Å². The first kappa shape index (κ1) is 12.4. The van der Waals surface area contributed by atoms with Gasteiger partial charge in [-0.3, -0.25) is 0 Å². The minimum atomic E-state index is -0.214. The van der Waals surface area contributed by atoms with Crippen molar-refractivity contribution in [3.63, 3.8) is 0 Å². The molecule has 1 saturated carbocycles. The van der Waals surface area contributed by atoms with Crippen molar-refractivity contribution in [1.82, 2.24) is 0 Å². The summed E-state index contributed by atoms with van der Waals surface area (Å²) in [6.07, 6.45) is 7.61. The van der Waals surface area contributed by atoms with Crippen molar-refractivity contribution in [3.05, 3.63) is 0 Å². The summed E-state index contributed by atoms with van der Waals surface area (Å²) < 4.78 is 12.4. The third-order valence-corrected chi connectivity index (χ3v) is 4.53. The Bertz CT molecular complexity index is 229. The zero-order valence-electron chi connectivity index (χ0n) is 11.0. The van der Waals surface area contributed by atoms with Crippen molar-refractivity contribution >= 4 is 0 Å². The lowest BCUT2D eigenvalue weighted by molar-refractivity contribution is -0.235. The van der Waals surface area contributed by atoms with Crippen LogP contribution < -0.4 is 0 Å². The maximum atomic E-state index is 6.25. The Balaban J connectivity index is 2.12. The van der Waals surface area contributed by atoms with Crippen LogP contribution in [0.4, 0.5) is 0 Å². The van der Waals surface area contributed by atoms with Crippen LogP contribution >= 0.6 is 0 Å². The van der Waals surface area contributed by atoms with Crippen molar-refractivity contribution in [2.24, 2.45) is 11.8 Å². The van der Waals surface area contributed by atoms with Crippen molar-refractivity contribution in [2.75, 3.05) is 6.61 Å². The monoisotopic (exact) mass is 226 g/mol. The molecule has 0 amide bonds. The first-order valence-corrected chi connectivity index (χ1v) is 7.07. The maximum Gasteiger partial charge on any atom is 0.171 e. The van der Waals surface area contributed by atoms with Gasteiger partial charge < -0.3 is 9.47 Å². The van der Waals surface area contributed by atoms with Gasteiger partial charge in [-0.05, 0) is 31.6 Å². The quantitative estimate of drug-likeness (QED) is 0.729. The van der Waals surface area contributed by atoms with Crippen molar-refractivity contribution < 1.29 is 9.47 Å². The zero-order valence-corrected chi connectivity index (χ0v) is 11.0. The van der Waals surface area contributed by atoms with Gasteiger partial charge in [0, 0.05) is 12.3 Å². The van der Waals surface area contributed by atoms with Gasteiger partial charge in [0.1, 0.15) is 0 Å². The van der Waals surface area contributed by atoms with Crippen LogP contribution in [0.1, 0.15) is 59.3 Å². The Morgan fingerprint density at radius 2 is 1.94 bits per heavy atom. The second-order valence-electron chi connectivity index (χ2n) is 5.35. The molecule has 0 aromatic carbocycles. The third-order valence-electron chi connectivity index (χ3n) is 4.53. The van der Waals surface area contributed by atoms with Gasteiger partial charge >= 0.3 is 0 Å². The molecule has 2 rings (SSSR count). The minimum absolute atomic E-state index is 0.214. The normalized spacial score (nSPS) is 44.1. The molecule has 4 unspecified atom stereocenters. The molecule has 1 heterocycles. The lowest BCUT2D eigenvalue weighted by Crippen LogP contribution is -2.46. The van der Waals surface area contributed by atoms with Crippen molar-refractivity contribution in [1.29, 1.82) is 0 Å². The average Bonchev–Trinajstić information content (AvgIpc) is 2.72. The Hall–Kier alpha value is -0.0800. The minimum Gasteiger partial charge on any atom is -0.347 e. The molecule has 0 aromatic rings. The molecule has 2 aliphatic rings. The molecule has 1 saturated heterocycles. The van der Waals surface area contributed by atoms with Gasteiger partial charge in [-0.25, -0.2) is 0 Å². The molecule has 0 aromatic heterocycles. The summed E-state index contributed by atoms with van der Waals surface area (Å²) in [6, 6.07) is 0. The van der Waals surface area contributed by atoms with Gasteiger partial charge in [0.15, 0.2) is 5.79 Å². The van der Waals surface area contributed by atoms with Gasteiger partial charge in [-0.2, -0.15) is 0 Å². The predicted molar refractivity (Wildman–Crippen MR) is 65.3 cm³/mol. The van der Waals surface area contributed by atoms with Crippen LogP contribution in [0.5, 0.6) is 0 Å². The molecule has 94 valence electrons. The highest BCUT2D eigenvalue weighted by molar-refractivity contribution is 4.92. The number of hydrogen-bond donors (Lipinski definition) is 0. The van der Waals surface area contributed by atoms with Gasteiger partial charge in [0.25, 0.3) is 0 Å². The number of ether oxygens (including phenoxy) is 2.